The number of nitrogens with zero attached hydrogens (tertiary/aromatic N) is 2. The maximum absolute atomic E-state index is 11.5. The number of imidazole rings is 1. The fraction of sp³-hybridized carbons (Fsp3) is 0.231. The van der Waals surface area contributed by atoms with Gasteiger partial charge < -0.3 is 14.0 Å². The van der Waals surface area contributed by atoms with E-state index in [1.807, 2.05) is 13.1 Å². The molecule has 0 aliphatic heterocycles. The van der Waals surface area contributed by atoms with E-state index in [-0.39, 0.29) is 5.97 Å². The van der Waals surface area contributed by atoms with E-state index in [4.69, 9.17) is 9.47 Å². The molecular weight excluding hydrogens is 232 g/mol. The second kappa shape index (κ2) is 4.91. The molecule has 94 valence electrons. The normalized spacial score (nSPS) is 10.2. The highest BCUT2D eigenvalue weighted by Gasteiger charge is 2.11. The molecule has 0 bridgehead atoms. The molecule has 2 rings (SSSR count). The molecule has 18 heavy (non-hydrogen) atoms. The van der Waals surface area contributed by atoms with Gasteiger partial charge in [0.25, 0.3) is 0 Å². The first kappa shape index (κ1) is 12.2. The van der Waals surface area contributed by atoms with Gasteiger partial charge in [-0.15, -0.1) is 0 Å². The van der Waals surface area contributed by atoms with E-state index in [0.717, 1.165) is 11.4 Å². The van der Waals surface area contributed by atoms with Crippen LogP contribution in [0.15, 0.2) is 30.7 Å². The van der Waals surface area contributed by atoms with Crippen LogP contribution in [0.5, 0.6) is 5.75 Å². The summed E-state index contributed by atoms with van der Waals surface area (Å²) in [6, 6.07) is 5.11. The Kier molecular flexibility index (Phi) is 3.32. The number of hydrogen-bond donors (Lipinski definition) is 0. The Bertz CT molecular complexity index is 575. The fourth-order valence-electron chi connectivity index (χ4n) is 1.69. The van der Waals surface area contributed by atoms with Crippen LogP contribution in [0.3, 0.4) is 0 Å². The molecule has 0 aliphatic rings. The molecule has 0 radical (unpaired) electrons. The second-order valence-corrected chi connectivity index (χ2v) is 3.80. The third kappa shape index (κ3) is 2.20. The summed E-state index contributed by atoms with van der Waals surface area (Å²) in [6.45, 7) is 1.90. The molecule has 0 saturated carbocycles. The predicted molar refractivity (Wildman–Crippen MR) is 66.2 cm³/mol. The topological polar surface area (TPSA) is 53.4 Å². The van der Waals surface area contributed by atoms with Gasteiger partial charge in [-0.1, -0.05) is 0 Å². The maximum atomic E-state index is 11.5. The van der Waals surface area contributed by atoms with Crippen LogP contribution >= 0.6 is 0 Å². The number of aryl methyl sites for hydroxylation is 1. The summed E-state index contributed by atoms with van der Waals surface area (Å²) in [5, 5.41) is 0. The lowest BCUT2D eigenvalue weighted by Gasteiger charge is -2.10. The lowest BCUT2D eigenvalue weighted by atomic mass is 10.2. The molecular formula is C13H14N2O3. The Morgan fingerprint density at radius 1 is 1.33 bits per heavy atom. The van der Waals surface area contributed by atoms with Gasteiger partial charge in [0.15, 0.2) is 0 Å². The number of rotatable bonds is 3. The number of hydrogen-bond acceptors (Lipinski definition) is 4. The average Bonchev–Trinajstić information content (AvgIpc) is 2.83. The molecule has 0 amide bonds. The van der Waals surface area contributed by atoms with Crippen LogP contribution in [0.4, 0.5) is 0 Å². The molecule has 0 N–H and O–H groups in total. The van der Waals surface area contributed by atoms with Gasteiger partial charge in [-0.2, -0.15) is 0 Å². The van der Waals surface area contributed by atoms with Crippen LogP contribution in [0.25, 0.3) is 5.69 Å². The summed E-state index contributed by atoms with van der Waals surface area (Å²) >= 11 is 0. The van der Waals surface area contributed by atoms with Gasteiger partial charge in [0.05, 0.1) is 37.5 Å². The first-order chi connectivity index (χ1) is 8.65. The van der Waals surface area contributed by atoms with Crippen LogP contribution < -0.4 is 4.74 Å². The van der Waals surface area contributed by atoms with Crippen molar-refractivity contribution in [1.82, 2.24) is 9.55 Å². The first-order valence-corrected chi connectivity index (χ1v) is 5.43. The number of ether oxygens (including phenoxy) is 2. The van der Waals surface area contributed by atoms with E-state index in [9.17, 15) is 4.79 Å². The largest absolute Gasteiger partial charge is 0.495 e. The zero-order valence-corrected chi connectivity index (χ0v) is 10.5. The number of carbonyl (C=O) groups excluding carboxylic acids is 1. The summed E-state index contributed by atoms with van der Waals surface area (Å²) < 4.78 is 11.8. The quantitative estimate of drug-likeness (QED) is 0.777. The number of esters is 1. The van der Waals surface area contributed by atoms with Crippen LogP contribution in [-0.4, -0.2) is 29.7 Å². The molecule has 0 saturated heterocycles. The number of methoxy groups -OCH3 is 2. The number of benzene rings is 1. The molecule has 2 aromatic rings. The first-order valence-electron chi connectivity index (χ1n) is 5.43. The van der Waals surface area contributed by atoms with Crippen molar-refractivity contribution < 1.29 is 14.3 Å². The zero-order valence-electron chi connectivity index (χ0n) is 10.5. The molecule has 1 heterocycles. The molecule has 1 aromatic heterocycles. The Hall–Kier alpha value is -2.30. The smallest absolute Gasteiger partial charge is 0.337 e. The Labute approximate surface area is 105 Å². The van der Waals surface area contributed by atoms with Crippen molar-refractivity contribution in [1.29, 1.82) is 0 Å². The van der Waals surface area contributed by atoms with Crippen molar-refractivity contribution in [3.63, 3.8) is 0 Å². The monoisotopic (exact) mass is 246 g/mol. The summed E-state index contributed by atoms with van der Waals surface area (Å²) in [6.07, 6.45) is 3.53. The Morgan fingerprint density at radius 2 is 2.11 bits per heavy atom. The van der Waals surface area contributed by atoms with Crippen LogP contribution in [0.2, 0.25) is 0 Å². The van der Waals surface area contributed by atoms with Crippen molar-refractivity contribution in [2.75, 3.05) is 14.2 Å². The van der Waals surface area contributed by atoms with Gasteiger partial charge in [0, 0.05) is 6.20 Å². The number of aromatic nitrogens is 2. The van der Waals surface area contributed by atoms with Gasteiger partial charge in [0.1, 0.15) is 5.75 Å². The van der Waals surface area contributed by atoms with E-state index >= 15 is 0 Å². The SMILES string of the molecule is COC(=O)c1ccc(OC)c(-n2cnc(C)c2)c1. The third-order valence-electron chi connectivity index (χ3n) is 2.59. The lowest BCUT2D eigenvalue weighted by molar-refractivity contribution is 0.0600. The third-order valence-corrected chi connectivity index (χ3v) is 2.59. The summed E-state index contributed by atoms with van der Waals surface area (Å²) in [5.41, 5.74) is 2.11. The molecule has 0 aliphatic carbocycles. The fourth-order valence-corrected chi connectivity index (χ4v) is 1.69. The van der Waals surface area contributed by atoms with Crippen molar-refractivity contribution >= 4 is 5.97 Å². The minimum atomic E-state index is -0.379. The highest BCUT2D eigenvalue weighted by atomic mass is 16.5. The summed E-state index contributed by atoms with van der Waals surface area (Å²) in [4.78, 5) is 15.7. The van der Waals surface area contributed by atoms with Gasteiger partial charge in [-0.3, -0.25) is 0 Å². The van der Waals surface area contributed by atoms with Crippen LogP contribution in [0.1, 0.15) is 16.1 Å². The summed E-state index contributed by atoms with van der Waals surface area (Å²) in [5.74, 6) is 0.288. The lowest BCUT2D eigenvalue weighted by Crippen LogP contribution is -2.04. The van der Waals surface area contributed by atoms with Crippen LogP contribution in [-0.2, 0) is 4.74 Å². The molecule has 5 nitrogen and oxygen atoms in total. The van der Waals surface area contributed by atoms with Crippen molar-refractivity contribution in [2.24, 2.45) is 0 Å². The molecule has 0 unspecified atom stereocenters. The highest BCUT2D eigenvalue weighted by Crippen LogP contribution is 2.24. The molecule has 0 fully saturated rings. The van der Waals surface area contributed by atoms with E-state index < -0.39 is 0 Å². The summed E-state index contributed by atoms with van der Waals surface area (Å²) in [7, 11) is 2.94. The predicted octanol–water partition coefficient (Wildman–Crippen LogP) is 1.98. The van der Waals surface area contributed by atoms with E-state index in [1.54, 1.807) is 36.2 Å². The Balaban J connectivity index is 2.52. The number of carbonyl (C=O) groups is 1. The molecule has 0 atom stereocenters. The molecule has 0 spiro atoms. The highest BCUT2D eigenvalue weighted by molar-refractivity contribution is 5.90. The van der Waals surface area contributed by atoms with Gasteiger partial charge in [0.2, 0.25) is 0 Å². The van der Waals surface area contributed by atoms with Crippen molar-refractivity contribution in [3.8, 4) is 11.4 Å². The molecule has 5 heteroatoms. The minimum absolute atomic E-state index is 0.379. The standard InChI is InChI=1S/C13H14N2O3/c1-9-7-15(8-14-9)11-6-10(13(16)18-3)4-5-12(11)17-2/h4-8H,1-3H3. The average molecular weight is 246 g/mol. The van der Waals surface area contributed by atoms with Crippen LogP contribution in [0, 0.1) is 6.92 Å². The Morgan fingerprint density at radius 3 is 2.67 bits per heavy atom. The van der Waals surface area contributed by atoms with E-state index in [1.165, 1.54) is 7.11 Å². The van der Waals surface area contributed by atoms with Gasteiger partial charge in [-0.05, 0) is 25.1 Å². The van der Waals surface area contributed by atoms with Gasteiger partial charge >= 0.3 is 5.97 Å². The molecule has 1 aromatic carbocycles. The van der Waals surface area contributed by atoms with E-state index in [2.05, 4.69) is 4.98 Å². The second-order valence-electron chi connectivity index (χ2n) is 3.80. The van der Waals surface area contributed by atoms with Crippen molar-refractivity contribution in [2.45, 2.75) is 6.92 Å². The van der Waals surface area contributed by atoms with Crippen molar-refractivity contribution in [3.05, 3.63) is 42.0 Å². The zero-order chi connectivity index (χ0) is 13.1. The van der Waals surface area contributed by atoms with Gasteiger partial charge in [-0.25, -0.2) is 9.78 Å². The minimum Gasteiger partial charge on any atom is -0.495 e. The maximum Gasteiger partial charge on any atom is 0.337 e. The van der Waals surface area contributed by atoms with E-state index in [0.29, 0.717) is 11.3 Å².